The van der Waals surface area contributed by atoms with Crippen LogP contribution < -0.4 is 0 Å². The molecule has 0 saturated heterocycles. The topological polar surface area (TPSA) is 112 Å². The minimum absolute atomic E-state index is 0.000566. The highest BCUT2D eigenvalue weighted by molar-refractivity contribution is 6.09. The summed E-state index contributed by atoms with van der Waals surface area (Å²) in [4.78, 5) is 37.1. The van der Waals surface area contributed by atoms with E-state index in [2.05, 4.69) is 0 Å². The molecule has 3 saturated carbocycles. The number of allylic oxidation sites excluding steroid dienone is 4. The maximum Gasteiger partial charge on any atom is 0.190 e. The molecular weight excluding hydrogens is 372 g/mol. The first-order valence-electron chi connectivity index (χ1n) is 10.5. The zero-order valence-corrected chi connectivity index (χ0v) is 17.3. The number of rotatable bonds is 3. The molecule has 0 amide bonds. The second kappa shape index (κ2) is 6.43. The summed E-state index contributed by atoms with van der Waals surface area (Å²) < 4.78 is 0. The van der Waals surface area contributed by atoms with Gasteiger partial charge in [0.05, 0.1) is 6.10 Å². The molecule has 0 aromatic rings. The van der Waals surface area contributed by atoms with Crippen molar-refractivity contribution in [2.75, 3.05) is 6.61 Å². The predicted molar refractivity (Wildman–Crippen MR) is 105 cm³/mol. The number of aliphatic hydroxyl groups excluding tert-OH is 2. The molecule has 158 valence electrons. The van der Waals surface area contributed by atoms with Gasteiger partial charge in [0.1, 0.15) is 12.2 Å². The minimum Gasteiger partial charge on any atom is -0.393 e. The summed E-state index contributed by atoms with van der Waals surface area (Å²) >= 11 is 0. The van der Waals surface area contributed by atoms with Crippen molar-refractivity contribution >= 4 is 17.3 Å². The molecule has 3 N–H and O–H groups in total. The van der Waals surface area contributed by atoms with Crippen LogP contribution in [0.5, 0.6) is 0 Å². The maximum atomic E-state index is 12.5. The van der Waals surface area contributed by atoms with Crippen LogP contribution in [0.1, 0.15) is 52.9 Å². The van der Waals surface area contributed by atoms with Gasteiger partial charge in [-0.2, -0.15) is 0 Å². The monoisotopic (exact) mass is 402 g/mol. The van der Waals surface area contributed by atoms with Gasteiger partial charge in [0.25, 0.3) is 0 Å². The number of hydrogen-bond donors (Lipinski definition) is 3. The van der Waals surface area contributed by atoms with E-state index in [4.69, 9.17) is 0 Å². The van der Waals surface area contributed by atoms with Crippen LogP contribution in [0, 0.1) is 28.6 Å². The molecule has 4 aliphatic carbocycles. The van der Waals surface area contributed by atoms with Crippen molar-refractivity contribution < 1.29 is 29.7 Å². The highest BCUT2D eigenvalue weighted by Gasteiger charge is 2.68. The van der Waals surface area contributed by atoms with Crippen molar-refractivity contribution in [1.82, 2.24) is 0 Å². The normalized spacial score (nSPS) is 46.2. The molecule has 4 rings (SSSR count). The molecule has 0 bridgehead atoms. The van der Waals surface area contributed by atoms with Crippen molar-refractivity contribution in [3.05, 3.63) is 23.3 Å². The summed E-state index contributed by atoms with van der Waals surface area (Å²) in [5, 5.41) is 32.0. The highest BCUT2D eigenvalue weighted by Crippen LogP contribution is 2.68. The number of ketones is 3. The predicted octanol–water partition coefficient (Wildman–Crippen LogP) is 1.52. The van der Waals surface area contributed by atoms with Gasteiger partial charge in [0.2, 0.25) is 0 Å². The molecule has 29 heavy (non-hydrogen) atoms. The molecule has 0 spiro atoms. The van der Waals surface area contributed by atoms with Gasteiger partial charge in [-0.1, -0.05) is 19.4 Å². The number of fused-ring (bicyclic) bond motifs is 5. The van der Waals surface area contributed by atoms with Gasteiger partial charge in [-0.05, 0) is 63.0 Å². The number of Topliss-reactive ketones (excluding diaryl/α,β-unsaturated/α-hetero) is 2. The van der Waals surface area contributed by atoms with Gasteiger partial charge in [-0.3, -0.25) is 14.4 Å². The Hall–Kier alpha value is -1.63. The summed E-state index contributed by atoms with van der Waals surface area (Å²) in [7, 11) is 0. The third-order valence-corrected chi connectivity index (χ3v) is 8.83. The van der Waals surface area contributed by atoms with E-state index in [0.717, 1.165) is 12.0 Å². The van der Waals surface area contributed by atoms with Crippen molar-refractivity contribution in [2.45, 2.75) is 64.6 Å². The van der Waals surface area contributed by atoms with Crippen LogP contribution in [0.15, 0.2) is 23.3 Å². The van der Waals surface area contributed by atoms with E-state index in [9.17, 15) is 29.7 Å². The second-order valence-electron chi connectivity index (χ2n) is 9.89. The van der Waals surface area contributed by atoms with Gasteiger partial charge in [-0.15, -0.1) is 0 Å². The summed E-state index contributed by atoms with van der Waals surface area (Å²) in [5.74, 6) is -1.16. The summed E-state index contributed by atoms with van der Waals surface area (Å²) in [6.07, 6.45) is 4.73. The van der Waals surface area contributed by atoms with Gasteiger partial charge in [0.15, 0.2) is 17.3 Å². The van der Waals surface area contributed by atoms with E-state index in [1.807, 2.05) is 13.8 Å². The van der Waals surface area contributed by atoms with E-state index < -0.39 is 34.9 Å². The Morgan fingerprint density at radius 1 is 1.21 bits per heavy atom. The van der Waals surface area contributed by atoms with Gasteiger partial charge in [0, 0.05) is 22.3 Å². The van der Waals surface area contributed by atoms with Gasteiger partial charge >= 0.3 is 0 Å². The maximum absolute atomic E-state index is 12.5. The average Bonchev–Trinajstić information content (AvgIpc) is 2.92. The van der Waals surface area contributed by atoms with E-state index in [1.54, 1.807) is 6.08 Å². The molecule has 7 atom stereocenters. The number of hydrogen-bond acceptors (Lipinski definition) is 6. The third kappa shape index (κ3) is 2.49. The lowest BCUT2D eigenvalue weighted by atomic mass is 9.44. The van der Waals surface area contributed by atoms with Crippen LogP contribution in [0.2, 0.25) is 0 Å². The van der Waals surface area contributed by atoms with E-state index in [0.29, 0.717) is 18.4 Å². The van der Waals surface area contributed by atoms with E-state index in [1.165, 1.54) is 13.0 Å². The first kappa shape index (κ1) is 20.6. The SMILES string of the molecule is CC(=O)C1=CC(=O)C=C2CC[C@@H]3[C@H](C(O)C[C@@]4(C)[C@H]3CC[C@]4(O)C(=O)CO)[C@]21C. The van der Waals surface area contributed by atoms with Crippen LogP contribution in [0.3, 0.4) is 0 Å². The minimum atomic E-state index is -1.64. The zero-order valence-electron chi connectivity index (χ0n) is 17.3. The van der Waals surface area contributed by atoms with Crippen LogP contribution in [0.4, 0.5) is 0 Å². The van der Waals surface area contributed by atoms with Crippen LogP contribution in [0.25, 0.3) is 0 Å². The number of aliphatic hydroxyl groups is 3. The molecular formula is C23H30O6. The van der Waals surface area contributed by atoms with Crippen molar-refractivity contribution in [2.24, 2.45) is 28.6 Å². The molecule has 0 heterocycles. The molecule has 4 aliphatic rings. The van der Waals surface area contributed by atoms with Crippen molar-refractivity contribution in [1.29, 1.82) is 0 Å². The summed E-state index contributed by atoms with van der Waals surface area (Å²) in [6.45, 7) is 4.57. The standard InChI is InChI=1S/C23H30O6/c1-12(25)17-9-14(26)8-13-4-5-15-16-6-7-23(29,19(28)11-24)21(16,2)10-18(27)20(15)22(13,17)3/h8-9,15-16,18,20,24,27,29H,4-7,10-11H2,1-3H3/t15-,16-,18?,20+,21-,22+,23-/m0/s1. The molecule has 0 aromatic heterocycles. The molecule has 0 aliphatic heterocycles. The van der Waals surface area contributed by atoms with Gasteiger partial charge in [-0.25, -0.2) is 0 Å². The molecule has 0 aromatic carbocycles. The average molecular weight is 402 g/mol. The van der Waals surface area contributed by atoms with Crippen LogP contribution in [-0.4, -0.2) is 51.0 Å². The molecule has 6 nitrogen and oxygen atoms in total. The highest BCUT2D eigenvalue weighted by atomic mass is 16.3. The Morgan fingerprint density at radius 2 is 1.90 bits per heavy atom. The Morgan fingerprint density at radius 3 is 2.52 bits per heavy atom. The fourth-order valence-electron chi connectivity index (χ4n) is 7.50. The van der Waals surface area contributed by atoms with Crippen molar-refractivity contribution in [3.63, 3.8) is 0 Å². The first-order valence-corrected chi connectivity index (χ1v) is 10.5. The van der Waals surface area contributed by atoms with E-state index in [-0.39, 0.29) is 42.2 Å². The summed E-state index contributed by atoms with van der Waals surface area (Å²) in [5.41, 5.74) is -1.83. The second-order valence-corrected chi connectivity index (χ2v) is 9.89. The van der Waals surface area contributed by atoms with Crippen LogP contribution >= 0.6 is 0 Å². The smallest absolute Gasteiger partial charge is 0.190 e. The molecule has 1 unspecified atom stereocenters. The fourth-order valence-corrected chi connectivity index (χ4v) is 7.50. The molecule has 0 radical (unpaired) electrons. The Kier molecular flexibility index (Phi) is 4.58. The van der Waals surface area contributed by atoms with Gasteiger partial charge < -0.3 is 15.3 Å². The molecule has 6 heteroatoms. The number of carbonyl (C=O) groups is 3. The summed E-state index contributed by atoms with van der Waals surface area (Å²) in [6, 6.07) is 0. The van der Waals surface area contributed by atoms with Crippen LogP contribution in [-0.2, 0) is 14.4 Å². The molecule has 3 fully saturated rings. The zero-order chi connectivity index (χ0) is 21.4. The lowest BCUT2D eigenvalue weighted by Gasteiger charge is -2.60. The lowest BCUT2D eigenvalue weighted by molar-refractivity contribution is -0.179. The van der Waals surface area contributed by atoms with E-state index >= 15 is 0 Å². The fraction of sp³-hybridized carbons (Fsp3) is 0.696. The van der Waals surface area contributed by atoms with Crippen molar-refractivity contribution in [3.8, 4) is 0 Å². The number of carbonyl (C=O) groups excluding carboxylic acids is 3. The first-order chi connectivity index (χ1) is 13.5. The quantitative estimate of drug-likeness (QED) is 0.660. The third-order valence-electron chi connectivity index (χ3n) is 8.83. The Balaban J connectivity index is 1.80. The Bertz CT molecular complexity index is 855. The largest absolute Gasteiger partial charge is 0.393 e. The Labute approximate surface area is 170 Å². The lowest BCUT2D eigenvalue weighted by Crippen LogP contribution is -2.62.